The maximum Gasteiger partial charge on any atom is 0.306 e. The number of esters is 1. The highest BCUT2D eigenvalue weighted by Gasteiger charge is 2.07. The van der Waals surface area contributed by atoms with Crippen LogP contribution in [0.3, 0.4) is 0 Å². The number of hydrazone groups is 1. The summed E-state index contributed by atoms with van der Waals surface area (Å²) in [6, 6.07) is 15.3. The van der Waals surface area contributed by atoms with Crippen LogP contribution in [0.4, 0.5) is 5.69 Å². The van der Waals surface area contributed by atoms with Crippen molar-refractivity contribution in [2.45, 2.75) is 11.3 Å². The number of benzene rings is 2. The van der Waals surface area contributed by atoms with Gasteiger partial charge in [-0.2, -0.15) is 5.10 Å². The van der Waals surface area contributed by atoms with Gasteiger partial charge in [-0.3, -0.25) is 10.2 Å². The maximum atomic E-state index is 11.2. The summed E-state index contributed by atoms with van der Waals surface area (Å²) in [7, 11) is 1.39. The molecule has 0 saturated carbocycles. The first-order chi connectivity index (χ1) is 11.2. The topological polar surface area (TPSA) is 50.7 Å². The SMILES string of the molecule is COC(=O)CCSc1cccc(Cl)c1C=NNc1ccccc1. The van der Waals surface area contributed by atoms with Crippen molar-refractivity contribution in [3.8, 4) is 0 Å². The lowest BCUT2D eigenvalue weighted by Crippen LogP contribution is -2.01. The van der Waals surface area contributed by atoms with Gasteiger partial charge in [0.25, 0.3) is 0 Å². The predicted octanol–water partition coefficient (Wildman–Crippen LogP) is 4.44. The van der Waals surface area contributed by atoms with Crippen molar-refractivity contribution in [2.24, 2.45) is 5.10 Å². The van der Waals surface area contributed by atoms with E-state index in [1.165, 1.54) is 7.11 Å². The Bertz CT molecular complexity index is 678. The molecule has 0 amide bonds. The molecular formula is C17H17ClN2O2S. The highest BCUT2D eigenvalue weighted by molar-refractivity contribution is 7.99. The lowest BCUT2D eigenvalue weighted by molar-refractivity contribution is -0.140. The van der Waals surface area contributed by atoms with Gasteiger partial charge in [-0.1, -0.05) is 35.9 Å². The molecule has 23 heavy (non-hydrogen) atoms. The lowest BCUT2D eigenvalue weighted by Gasteiger charge is -2.07. The molecule has 1 N–H and O–H groups in total. The number of anilines is 1. The van der Waals surface area contributed by atoms with Crippen molar-refractivity contribution in [3.05, 3.63) is 59.1 Å². The Kier molecular flexibility index (Phi) is 6.97. The number of nitrogens with zero attached hydrogens (tertiary/aromatic N) is 1. The third-order valence-corrected chi connectivity index (χ3v) is 4.37. The normalized spacial score (nSPS) is 10.7. The quantitative estimate of drug-likeness (QED) is 0.348. The number of rotatable bonds is 7. The van der Waals surface area contributed by atoms with Crippen molar-refractivity contribution in [1.82, 2.24) is 0 Å². The summed E-state index contributed by atoms with van der Waals surface area (Å²) >= 11 is 7.80. The van der Waals surface area contributed by atoms with Crippen LogP contribution in [0.1, 0.15) is 12.0 Å². The van der Waals surface area contributed by atoms with Gasteiger partial charge in [0.05, 0.1) is 30.5 Å². The Labute approximate surface area is 144 Å². The van der Waals surface area contributed by atoms with E-state index in [9.17, 15) is 4.79 Å². The van der Waals surface area contributed by atoms with Crippen LogP contribution in [0.25, 0.3) is 0 Å². The largest absolute Gasteiger partial charge is 0.469 e. The standard InChI is InChI=1S/C17H17ClN2O2S/c1-22-17(21)10-11-23-16-9-5-8-15(18)14(16)12-19-20-13-6-3-2-4-7-13/h2-9,12,20H,10-11H2,1H3. The van der Waals surface area contributed by atoms with E-state index in [0.29, 0.717) is 17.2 Å². The van der Waals surface area contributed by atoms with Crippen LogP contribution in [0.15, 0.2) is 58.5 Å². The van der Waals surface area contributed by atoms with Crippen molar-refractivity contribution in [3.63, 3.8) is 0 Å². The van der Waals surface area contributed by atoms with Gasteiger partial charge in [0.2, 0.25) is 0 Å². The number of thioether (sulfide) groups is 1. The molecule has 6 heteroatoms. The second-order valence-corrected chi connectivity index (χ2v) is 6.11. The molecule has 0 aliphatic heterocycles. The van der Waals surface area contributed by atoms with Crippen LogP contribution in [0, 0.1) is 0 Å². The van der Waals surface area contributed by atoms with Gasteiger partial charge in [-0.05, 0) is 24.3 Å². The molecule has 0 spiro atoms. The van der Waals surface area contributed by atoms with Crippen molar-refractivity contribution in [2.75, 3.05) is 18.3 Å². The monoisotopic (exact) mass is 348 g/mol. The zero-order valence-electron chi connectivity index (χ0n) is 12.7. The number of carbonyl (C=O) groups is 1. The summed E-state index contributed by atoms with van der Waals surface area (Å²) < 4.78 is 4.64. The Balaban J connectivity index is 2.03. The lowest BCUT2D eigenvalue weighted by atomic mass is 10.2. The highest BCUT2D eigenvalue weighted by Crippen LogP contribution is 2.27. The van der Waals surface area contributed by atoms with E-state index in [4.69, 9.17) is 11.6 Å². The summed E-state index contributed by atoms with van der Waals surface area (Å²) in [5.41, 5.74) is 4.68. The van der Waals surface area contributed by atoms with Gasteiger partial charge in [-0.25, -0.2) is 0 Å². The number of para-hydroxylation sites is 1. The van der Waals surface area contributed by atoms with Gasteiger partial charge in [0, 0.05) is 16.2 Å². The molecule has 0 aromatic heterocycles. The average Bonchev–Trinajstić information content (AvgIpc) is 2.58. The first-order valence-electron chi connectivity index (χ1n) is 7.03. The molecule has 0 bridgehead atoms. The highest BCUT2D eigenvalue weighted by atomic mass is 35.5. The van der Waals surface area contributed by atoms with Crippen LogP contribution < -0.4 is 5.43 Å². The van der Waals surface area contributed by atoms with Crippen LogP contribution in [-0.2, 0) is 9.53 Å². The number of methoxy groups -OCH3 is 1. The number of ether oxygens (including phenoxy) is 1. The molecule has 0 unspecified atom stereocenters. The molecule has 0 aliphatic rings. The molecule has 0 aliphatic carbocycles. The number of halogens is 1. The van der Waals surface area contributed by atoms with Crippen molar-refractivity contribution >= 4 is 41.2 Å². The molecule has 120 valence electrons. The maximum absolute atomic E-state index is 11.2. The Hall–Kier alpha value is -1.98. The van der Waals surface area contributed by atoms with Gasteiger partial charge in [0.1, 0.15) is 0 Å². The smallest absolute Gasteiger partial charge is 0.306 e. The van der Waals surface area contributed by atoms with Crippen LogP contribution in [0.5, 0.6) is 0 Å². The van der Waals surface area contributed by atoms with E-state index in [0.717, 1.165) is 16.1 Å². The van der Waals surface area contributed by atoms with Crippen LogP contribution in [0.2, 0.25) is 5.02 Å². The Morgan fingerprint density at radius 1 is 1.26 bits per heavy atom. The molecule has 2 aromatic rings. The average molecular weight is 349 g/mol. The Morgan fingerprint density at radius 3 is 2.78 bits per heavy atom. The van der Waals surface area contributed by atoms with E-state index in [1.807, 2.05) is 48.5 Å². The number of hydrogen-bond donors (Lipinski definition) is 1. The fourth-order valence-corrected chi connectivity index (χ4v) is 3.06. The fraction of sp³-hybridized carbons (Fsp3) is 0.176. The number of hydrogen-bond acceptors (Lipinski definition) is 5. The summed E-state index contributed by atoms with van der Waals surface area (Å²) in [5, 5.41) is 4.85. The second kappa shape index (κ2) is 9.22. The molecule has 0 radical (unpaired) electrons. The van der Waals surface area contributed by atoms with Crippen molar-refractivity contribution < 1.29 is 9.53 Å². The van der Waals surface area contributed by atoms with E-state index in [1.54, 1.807) is 18.0 Å². The third kappa shape index (κ3) is 5.62. The summed E-state index contributed by atoms with van der Waals surface area (Å²) in [6.45, 7) is 0. The number of nitrogens with one attached hydrogen (secondary N) is 1. The minimum atomic E-state index is -0.222. The van der Waals surface area contributed by atoms with Gasteiger partial charge < -0.3 is 4.74 Å². The molecule has 0 fully saturated rings. The second-order valence-electron chi connectivity index (χ2n) is 4.56. The molecule has 2 rings (SSSR count). The minimum Gasteiger partial charge on any atom is -0.469 e. The van der Waals surface area contributed by atoms with Crippen molar-refractivity contribution in [1.29, 1.82) is 0 Å². The van der Waals surface area contributed by atoms with E-state index in [2.05, 4.69) is 15.3 Å². The zero-order chi connectivity index (χ0) is 16.5. The zero-order valence-corrected chi connectivity index (χ0v) is 14.2. The van der Waals surface area contributed by atoms with Gasteiger partial charge in [0.15, 0.2) is 0 Å². The first-order valence-corrected chi connectivity index (χ1v) is 8.39. The number of carbonyl (C=O) groups excluding carboxylic acids is 1. The van der Waals surface area contributed by atoms with E-state index in [-0.39, 0.29) is 5.97 Å². The van der Waals surface area contributed by atoms with Gasteiger partial charge >= 0.3 is 5.97 Å². The predicted molar refractivity (Wildman–Crippen MR) is 96.5 cm³/mol. The summed E-state index contributed by atoms with van der Waals surface area (Å²) in [5.74, 6) is 0.403. The van der Waals surface area contributed by atoms with Crippen LogP contribution in [-0.4, -0.2) is 25.0 Å². The minimum absolute atomic E-state index is 0.222. The molecule has 0 atom stereocenters. The Morgan fingerprint density at radius 2 is 2.04 bits per heavy atom. The molecular weight excluding hydrogens is 332 g/mol. The molecule has 0 heterocycles. The van der Waals surface area contributed by atoms with Gasteiger partial charge in [-0.15, -0.1) is 11.8 Å². The summed E-state index contributed by atoms with van der Waals surface area (Å²) in [6.07, 6.45) is 2.04. The summed E-state index contributed by atoms with van der Waals surface area (Å²) in [4.78, 5) is 12.2. The molecule has 2 aromatic carbocycles. The third-order valence-electron chi connectivity index (χ3n) is 2.97. The van der Waals surface area contributed by atoms with E-state index < -0.39 is 0 Å². The molecule has 0 saturated heterocycles. The fourth-order valence-electron chi connectivity index (χ4n) is 1.80. The first kappa shape index (κ1) is 17.4. The molecule has 4 nitrogen and oxygen atoms in total. The van der Waals surface area contributed by atoms with E-state index >= 15 is 0 Å². The van der Waals surface area contributed by atoms with Crippen LogP contribution >= 0.6 is 23.4 Å².